The molecule has 4 N–H and O–H groups in total. The fraction of sp³-hybridized carbons (Fsp3) is 0.462. The number of sulfonamides is 1. The molecule has 0 aromatic heterocycles. The lowest BCUT2D eigenvalue weighted by Gasteiger charge is -2.11. The van der Waals surface area contributed by atoms with E-state index in [1.807, 2.05) is 0 Å². The Bertz CT molecular complexity index is 597. The van der Waals surface area contributed by atoms with Crippen LogP contribution in [0.15, 0.2) is 24.3 Å². The van der Waals surface area contributed by atoms with Crippen molar-refractivity contribution in [2.45, 2.75) is 25.3 Å². The van der Waals surface area contributed by atoms with Crippen LogP contribution in [0.25, 0.3) is 0 Å². The molecule has 0 spiro atoms. The van der Waals surface area contributed by atoms with Crippen LogP contribution in [0.3, 0.4) is 0 Å². The Kier molecular flexibility index (Phi) is 4.29. The summed E-state index contributed by atoms with van der Waals surface area (Å²) in [5, 5.41) is 2.73. The molecule has 20 heavy (non-hydrogen) atoms. The SMILES string of the molecule is CS(=O)(=O)Nc1cccc(NC(=O)CC(N)C2CC2)c1. The van der Waals surface area contributed by atoms with Crippen LogP contribution < -0.4 is 15.8 Å². The average Bonchev–Trinajstić information content (AvgIpc) is 3.09. The molecule has 0 radical (unpaired) electrons. The van der Waals surface area contributed by atoms with Crippen LogP contribution in [0.2, 0.25) is 0 Å². The van der Waals surface area contributed by atoms with Gasteiger partial charge < -0.3 is 11.1 Å². The van der Waals surface area contributed by atoms with E-state index in [2.05, 4.69) is 10.0 Å². The molecule has 1 amide bonds. The maximum Gasteiger partial charge on any atom is 0.229 e. The van der Waals surface area contributed by atoms with E-state index in [9.17, 15) is 13.2 Å². The van der Waals surface area contributed by atoms with Crippen molar-refractivity contribution in [3.8, 4) is 0 Å². The number of rotatable bonds is 6. The summed E-state index contributed by atoms with van der Waals surface area (Å²) in [6.07, 6.45) is 3.56. The van der Waals surface area contributed by atoms with Gasteiger partial charge in [-0.3, -0.25) is 9.52 Å². The van der Waals surface area contributed by atoms with E-state index < -0.39 is 10.0 Å². The molecule has 1 fully saturated rings. The van der Waals surface area contributed by atoms with E-state index >= 15 is 0 Å². The van der Waals surface area contributed by atoms with Gasteiger partial charge in [0.05, 0.1) is 11.9 Å². The van der Waals surface area contributed by atoms with Crippen molar-refractivity contribution in [1.82, 2.24) is 0 Å². The first-order valence-electron chi connectivity index (χ1n) is 6.47. The highest BCUT2D eigenvalue weighted by Crippen LogP contribution is 2.32. The summed E-state index contributed by atoms with van der Waals surface area (Å²) in [6.45, 7) is 0. The van der Waals surface area contributed by atoms with Crippen LogP contribution in [0, 0.1) is 5.92 Å². The second-order valence-corrected chi connectivity index (χ2v) is 6.96. The Morgan fingerprint density at radius 2 is 2.05 bits per heavy atom. The first kappa shape index (κ1) is 14.8. The van der Waals surface area contributed by atoms with Crippen LogP contribution in [0.4, 0.5) is 11.4 Å². The lowest BCUT2D eigenvalue weighted by Crippen LogP contribution is -2.28. The van der Waals surface area contributed by atoms with E-state index in [1.165, 1.54) is 0 Å². The van der Waals surface area contributed by atoms with Gasteiger partial charge in [0, 0.05) is 18.2 Å². The molecule has 110 valence electrons. The van der Waals surface area contributed by atoms with Crippen LogP contribution in [-0.4, -0.2) is 26.6 Å². The zero-order valence-electron chi connectivity index (χ0n) is 11.3. The Morgan fingerprint density at radius 1 is 1.40 bits per heavy atom. The zero-order chi connectivity index (χ0) is 14.8. The van der Waals surface area contributed by atoms with E-state index in [4.69, 9.17) is 5.73 Å². The van der Waals surface area contributed by atoms with Crippen LogP contribution in [0.5, 0.6) is 0 Å². The van der Waals surface area contributed by atoms with Gasteiger partial charge in [-0.25, -0.2) is 8.42 Å². The number of nitrogens with two attached hydrogens (primary N) is 1. The standard InChI is InChI=1S/C13H19N3O3S/c1-20(18,19)16-11-4-2-3-10(7-11)15-13(17)8-12(14)9-5-6-9/h2-4,7,9,12,16H,5-6,8,14H2,1H3,(H,15,17). The quantitative estimate of drug-likeness (QED) is 0.732. The van der Waals surface area contributed by atoms with Crippen LogP contribution in [-0.2, 0) is 14.8 Å². The third-order valence-corrected chi connectivity index (χ3v) is 3.70. The number of anilines is 2. The molecule has 1 atom stereocenters. The minimum atomic E-state index is -3.33. The third kappa shape index (κ3) is 4.82. The molecule has 1 aromatic carbocycles. The molecular formula is C13H19N3O3S. The Labute approximate surface area is 118 Å². The molecule has 1 aliphatic carbocycles. The van der Waals surface area contributed by atoms with Gasteiger partial charge in [0.25, 0.3) is 0 Å². The van der Waals surface area contributed by atoms with Crippen molar-refractivity contribution < 1.29 is 13.2 Å². The lowest BCUT2D eigenvalue weighted by molar-refractivity contribution is -0.116. The maximum absolute atomic E-state index is 11.8. The fourth-order valence-corrected chi connectivity index (χ4v) is 2.55. The van der Waals surface area contributed by atoms with E-state index in [0.29, 0.717) is 17.3 Å². The predicted molar refractivity (Wildman–Crippen MR) is 78.9 cm³/mol. The van der Waals surface area contributed by atoms with E-state index in [-0.39, 0.29) is 18.4 Å². The highest BCUT2D eigenvalue weighted by Gasteiger charge is 2.29. The Hall–Kier alpha value is -1.60. The number of hydrogen-bond acceptors (Lipinski definition) is 4. The molecular weight excluding hydrogens is 278 g/mol. The van der Waals surface area contributed by atoms with Gasteiger partial charge in [0.15, 0.2) is 0 Å². The molecule has 6 nitrogen and oxygen atoms in total. The molecule has 0 heterocycles. The highest BCUT2D eigenvalue weighted by atomic mass is 32.2. The number of carbonyl (C=O) groups excluding carboxylic acids is 1. The summed E-state index contributed by atoms with van der Waals surface area (Å²) < 4.78 is 24.7. The van der Waals surface area contributed by atoms with Gasteiger partial charge in [0.1, 0.15) is 0 Å². The second kappa shape index (κ2) is 5.80. The third-order valence-electron chi connectivity index (χ3n) is 3.10. The number of nitrogens with one attached hydrogen (secondary N) is 2. The van der Waals surface area contributed by atoms with Crippen LogP contribution in [0.1, 0.15) is 19.3 Å². The topological polar surface area (TPSA) is 101 Å². The summed E-state index contributed by atoms with van der Waals surface area (Å²) in [4.78, 5) is 11.8. The summed E-state index contributed by atoms with van der Waals surface area (Å²) in [5.41, 5.74) is 6.86. The minimum absolute atomic E-state index is 0.0904. The number of benzene rings is 1. The monoisotopic (exact) mass is 297 g/mol. The normalized spacial score (nSPS) is 16.5. The van der Waals surface area contributed by atoms with Crippen molar-refractivity contribution in [3.63, 3.8) is 0 Å². The molecule has 2 rings (SSSR count). The van der Waals surface area contributed by atoms with Gasteiger partial charge in [-0.2, -0.15) is 0 Å². The van der Waals surface area contributed by atoms with Gasteiger partial charge in [-0.1, -0.05) is 6.07 Å². The second-order valence-electron chi connectivity index (χ2n) is 5.21. The maximum atomic E-state index is 11.8. The minimum Gasteiger partial charge on any atom is -0.327 e. The average molecular weight is 297 g/mol. The lowest BCUT2D eigenvalue weighted by atomic mass is 10.1. The molecule has 1 aromatic rings. The van der Waals surface area contributed by atoms with Crippen molar-refractivity contribution in [1.29, 1.82) is 0 Å². The van der Waals surface area contributed by atoms with Crippen molar-refractivity contribution in [2.24, 2.45) is 11.7 Å². The number of hydrogen-bond donors (Lipinski definition) is 3. The van der Waals surface area contributed by atoms with Gasteiger partial charge in [-0.05, 0) is 37.0 Å². The predicted octanol–water partition coefficient (Wildman–Crippen LogP) is 1.12. The summed E-state index contributed by atoms with van der Waals surface area (Å²) in [7, 11) is -3.33. The molecule has 1 aliphatic rings. The number of carbonyl (C=O) groups is 1. The molecule has 1 saturated carbocycles. The molecule has 1 unspecified atom stereocenters. The fourth-order valence-electron chi connectivity index (χ4n) is 1.99. The van der Waals surface area contributed by atoms with Gasteiger partial charge in [-0.15, -0.1) is 0 Å². The van der Waals surface area contributed by atoms with Gasteiger partial charge >= 0.3 is 0 Å². The van der Waals surface area contributed by atoms with Crippen molar-refractivity contribution in [2.75, 3.05) is 16.3 Å². The summed E-state index contributed by atoms with van der Waals surface area (Å²) >= 11 is 0. The summed E-state index contributed by atoms with van der Waals surface area (Å²) in [6, 6.07) is 6.47. The molecule has 0 saturated heterocycles. The first-order valence-corrected chi connectivity index (χ1v) is 8.36. The Balaban J connectivity index is 1.94. The van der Waals surface area contributed by atoms with E-state index in [0.717, 1.165) is 19.1 Å². The molecule has 0 aliphatic heterocycles. The van der Waals surface area contributed by atoms with Crippen molar-refractivity contribution in [3.05, 3.63) is 24.3 Å². The highest BCUT2D eigenvalue weighted by molar-refractivity contribution is 7.92. The molecule has 0 bridgehead atoms. The molecule has 7 heteroatoms. The largest absolute Gasteiger partial charge is 0.327 e. The zero-order valence-corrected chi connectivity index (χ0v) is 12.1. The number of amides is 1. The summed E-state index contributed by atoms with van der Waals surface area (Å²) in [5.74, 6) is 0.319. The Morgan fingerprint density at radius 3 is 2.65 bits per heavy atom. The van der Waals surface area contributed by atoms with Gasteiger partial charge in [0.2, 0.25) is 15.9 Å². The van der Waals surface area contributed by atoms with E-state index in [1.54, 1.807) is 24.3 Å². The smallest absolute Gasteiger partial charge is 0.229 e. The van der Waals surface area contributed by atoms with Crippen LogP contribution >= 0.6 is 0 Å². The van der Waals surface area contributed by atoms with Crippen molar-refractivity contribution >= 4 is 27.3 Å². The first-order chi connectivity index (χ1) is 9.33.